The summed E-state index contributed by atoms with van der Waals surface area (Å²) in [6, 6.07) is 10.3. The molecule has 0 fully saturated rings. The van der Waals surface area contributed by atoms with Gasteiger partial charge in [-0.25, -0.2) is 0 Å². The second-order valence-corrected chi connectivity index (χ2v) is 9.80. The van der Waals surface area contributed by atoms with Gasteiger partial charge >= 0.3 is 5.97 Å². The van der Waals surface area contributed by atoms with Crippen molar-refractivity contribution >= 4 is 19.2 Å². The largest absolute Gasteiger partial charge is 0.466 e. The van der Waals surface area contributed by atoms with E-state index < -0.39 is 8.07 Å². The molecule has 1 unspecified atom stereocenters. The molecule has 0 aliphatic rings. The van der Waals surface area contributed by atoms with Gasteiger partial charge in [0, 0.05) is 0 Å². The molecule has 0 N–H and O–H groups in total. The molecular formula is C16H24O2Si. The van der Waals surface area contributed by atoms with Gasteiger partial charge in [-0.1, -0.05) is 67.7 Å². The minimum Gasteiger partial charge on any atom is -0.466 e. The van der Waals surface area contributed by atoms with E-state index in [2.05, 4.69) is 38.2 Å². The molecule has 1 aromatic rings. The molecule has 0 saturated carbocycles. The third-order valence-electron chi connectivity index (χ3n) is 3.40. The topological polar surface area (TPSA) is 26.3 Å². The zero-order valence-corrected chi connectivity index (χ0v) is 13.3. The van der Waals surface area contributed by atoms with E-state index in [-0.39, 0.29) is 11.5 Å². The molecule has 2 nitrogen and oxygen atoms in total. The van der Waals surface area contributed by atoms with Crippen molar-refractivity contribution in [1.29, 1.82) is 0 Å². The lowest BCUT2D eigenvalue weighted by atomic mass is 10.3. The molecule has 0 aliphatic heterocycles. The Morgan fingerprint density at radius 2 is 1.89 bits per heavy atom. The van der Waals surface area contributed by atoms with Gasteiger partial charge in [0.15, 0.2) is 0 Å². The van der Waals surface area contributed by atoms with Crippen molar-refractivity contribution in [2.45, 2.75) is 38.9 Å². The van der Waals surface area contributed by atoms with E-state index in [1.807, 2.05) is 31.2 Å². The standard InChI is InChI=1S/C16H24O2Si/c1-5-7-13-15(16(17)18-6-2)19(3,4)14-11-9-8-10-12-14/h7-13,15H,5-6H2,1-4H3/b13-7+. The summed E-state index contributed by atoms with van der Waals surface area (Å²) in [6.45, 7) is 8.83. The first-order valence-corrected chi connectivity index (χ1v) is 10.0. The highest BCUT2D eigenvalue weighted by atomic mass is 28.3. The van der Waals surface area contributed by atoms with Gasteiger partial charge in [0.2, 0.25) is 0 Å². The summed E-state index contributed by atoms with van der Waals surface area (Å²) < 4.78 is 5.25. The van der Waals surface area contributed by atoms with Crippen LogP contribution in [0.25, 0.3) is 0 Å². The maximum atomic E-state index is 12.2. The van der Waals surface area contributed by atoms with Crippen LogP contribution in [0.15, 0.2) is 42.5 Å². The number of ether oxygens (including phenoxy) is 1. The van der Waals surface area contributed by atoms with Gasteiger partial charge in [-0.2, -0.15) is 0 Å². The zero-order chi connectivity index (χ0) is 14.3. The van der Waals surface area contributed by atoms with Crippen LogP contribution in [0, 0.1) is 0 Å². The number of hydrogen-bond donors (Lipinski definition) is 0. The molecule has 0 aromatic heterocycles. The van der Waals surface area contributed by atoms with E-state index in [1.54, 1.807) is 0 Å². The monoisotopic (exact) mass is 276 g/mol. The number of esters is 1. The first-order valence-electron chi connectivity index (χ1n) is 6.92. The van der Waals surface area contributed by atoms with Gasteiger partial charge in [-0.3, -0.25) is 4.79 Å². The Balaban J connectivity index is 3.08. The molecule has 104 valence electrons. The summed E-state index contributed by atoms with van der Waals surface area (Å²) in [5.74, 6) is -0.0901. The molecule has 1 rings (SSSR count). The van der Waals surface area contributed by atoms with Gasteiger partial charge in [-0.05, 0) is 13.3 Å². The van der Waals surface area contributed by atoms with Gasteiger partial charge in [-0.15, -0.1) is 0 Å². The summed E-state index contributed by atoms with van der Waals surface area (Å²) in [4.78, 5) is 12.2. The third-order valence-corrected chi connectivity index (χ3v) is 7.20. The lowest BCUT2D eigenvalue weighted by Crippen LogP contribution is -2.48. The quantitative estimate of drug-likeness (QED) is 0.451. The summed E-state index contributed by atoms with van der Waals surface area (Å²) in [7, 11) is -1.91. The Kier molecular flexibility index (Phi) is 6.02. The van der Waals surface area contributed by atoms with Crippen molar-refractivity contribution in [2.24, 2.45) is 0 Å². The third kappa shape index (κ3) is 4.06. The van der Waals surface area contributed by atoms with Crippen molar-refractivity contribution in [2.75, 3.05) is 6.61 Å². The fourth-order valence-electron chi connectivity index (χ4n) is 2.17. The lowest BCUT2D eigenvalue weighted by Gasteiger charge is -2.29. The molecule has 0 aliphatic carbocycles. The normalized spacial score (nSPS) is 13.5. The molecule has 3 heteroatoms. The van der Waals surface area contributed by atoms with Crippen molar-refractivity contribution < 1.29 is 9.53 Å². The molecule has 0 amide bonds. The van der Waals surface area contributed by atoms with Crippen LogP contribution < -0.4 is 5.19 Å². The van der Waals surface area contributed by atoms with Crippen LogP contribution in [-0.4, -0.2) is 20.7 Å². The lowest BCUT2D eigenvalue weighted by molar-refractivity contribution is -0.142. The Morgan fingerprint density at radius 3 is 2.42 bits per heavy atom. The highest BCUT2D eigenvalue weighted by molar-refractivity contribution is 6.93. The van der Waals surface area contributed by atoms with Crippen LogP contribution in [0.1, 0.15) is 20.3 Å². The molecule has 0 spiro atoms. The average molecular weight is 276 g/mol. The van der Waals surface area contributed by atoms with E-state index in [4.69, 9.17) is 4.74 Å². The number of rotatable bonds is 6. The van der Waals surface area contributed by atoms with Crippen LogP contribution in [0.5, 0.6) is 0 Å². The van der Waals surface area contributed by atoms with Gasteiger partial charge in [0.1, 0.15) is 8.07 Å². The number of carbonyl (C=O) groups is 1. The minimum absolute atomic E-state index is 0.0901. The molecule has 0 radical (unpaired) electrons. The van der Waals surface area contributed by atoms with Crippen LogP contribution in [0.4, 0.5) is 0 Å². The van der Waals surface area contributed by atoms with Crippen LogP contribution in [0.2, 0.25) is 18.6 Å². The summed E-state index contributed by atoms with van der Waals surface area (Å²) in [5, 5.41) is 1.29. The fraction of sp³-hybridized carbons (Fsp3) is 0.438. The van der Waals surface area contributed by atoms with Gasteiger partial charge < -0.3 is 4.74 Å². The Hall–Kier alpha value is -1.35. The minimum atomic E-state index is -1.91. The van der Waals surface area contributed by atoms with Crippen molar-refractivity contribution in [1.82, 2.24) is 0 Å². The predicted octanol–water partition coefficient (Wildman–Crippen LogP) is 3.50. The van der Waals surface area contributed by atoms with Crippen LogP contribution in [0.3, 0.4) is 0 Å². The summed E-state index contributed by atoms with van der Waals surface area (Å²) in [5.41, 5.74) is -0.116. The second-order valence-electron chi connectivity index (χ2n) is 5.15. The van der Waals surface area contributed by atoms with Crippen molar-refractivity contribution in [3.8, 4) is 0 Å². The van der Waals surface area contributed by atoms with Crippen LogP contribution in [-0.2, 0) is 9.53 Å². The summed E-state index contributed by atoms with van der Waals surface area (Å²) >= 11 is 0. The molecular weight excluding hydrogens is 252 g/mol. The predicted molar refractivity (Wildman–Crippen MR) is 83.4 cm³/mol. The fourth-order valence-corrected chi connectivity index (χ4v) is 4.87. The van der Waals surface area contributed by atoms with Crippen LogP contribution >= 0.6 is 0 Å². The second kappa shape index (κ2) is 7.29. The number of allylic oxidation sites excluding steroid dienone is 1. The molecule has 1 atom stereocenters. The molecule has 19 heavy (non-hydrogen) atoms. The van der Waals surface area contributed by atoms with E-state index in [9.17, 15) is 4.79 Å². The number of benzene rings is 1. The smallest absolute Gasteiger partial charge is 0.310 e. The van der Waals surface area contributed by atoms with Gasteiger partial charge in [0.25, 0.3) is 0 Å². The van der Waals surface area contributed by atoms with Crippen molar-refractivity contribution in [3.05, 3.63) is 42.5 Å². The molecule has 0 bridgehead atoms. The average Bonchev–Trinajstić information content (AvgIpc) is 2.40. The Morgan fingerprint density at radius 1 is 1.26 bits per heavy atom. The Labute approximate surface area is 117 Å². The van der Waals surface area contributed by atoms with E-state index in [1.165, 1.54) is 5.19 Å². The molecule has 0 saturated heterocycles. The summed E-state index contributed by atoms with van der Waals surface area (Å²) in [6.07, 6.45) is 5.05. The maximum absolute atomic E-state index is 12.2. The Bertz CT molecular complexity index is 424. The first-order chi connectivity index (χ1) is 9.04. The maximum Gasteiger partial charge on any atom is 0.310 e. The first kappa shape index (κ1) is 15.7. The van der Waals surface area contributed by atoms with E-state index in [0.717, 1.165) is 6.42 Å². The molecule has 0 heterocycles. The van der Waals surface area contributed by atoms with Crippen molar-refractivity contribution in [3.63, 3.8) is 0 Å². The highest BCUT2D eigenvalue weighted by Gasteiger charge is 2.37. The van der Waals surface area contributed by atoms with E-state index >= 15 is 0 Å². The van der Waals surface area contributed by atoms with E-state index in [0.29, 0.717) is 6.61 Å². The zero-order valence-electron chi connectivity index (χ0n) is 12.3. The SMILES string of the molecule is CC/C=C/C(C(=O)OCC)[Si](C)(C)c1ccccc1. The number of carbonyl (C=O) groups excluding carboxylic acids is 1. The highest BCUT2D eigenvalue weighted by Crippen LogP contribution is 2.25. The number of hydrogen-bond acceptors (Lipinski definition) is 2. The van der Waals surface area contributed by atoms with Gasteiger partial charge in [0.05, 0.1) is 12.1 Å². The molecule has 1 aromatic carbocycles.